The molecule has 2 rings (SSSR count). The molecule has 0 radical (unpaired) electrons. The van der Waals surface area contributed by atoms with Crippen LogP contribution >= 0.6 is 0 Å². The molecule has 5 heteroatoms. The number of aromatic nitrogens is 3. The first-order valence-corrected chi connectivity index (χ1v) is 5.33. The van der Waals surface area contributed by atoms with Crippen LogP contribution < -0.4 is 5.73 Å². The van der Waals surface area contributed by atoms with Crippen LogP contribution in [0, 0.1) is 13.8 Å². The Morgan fingerprint density at radius 3 is 2.94 bits per heavy atom. The van der Waals surface area contributed by atoms with Crippen molar-refractivity contribution in [3.8, 4) is 0 Å². The van der Waals surface area contributed by atoms with Crippen LogP contribution in [0.4, 0.5) is 0 Å². The van der Waals surface area contributed by atoms with Crippen molar-refractivity contribution in [1.29, 1.82) is 0 Å². The van der Waals surface area contributed by atoms with Crippen LogP contribution in [0.5, 0.6) is 0 Å². The second-order valence-electron chi connectivity index (χ2n) is 3.93. The number of rotatable bonds is 3. The van der Waals surface area contributed by atoms with Crippen molar-refractivity contribution in [3.63, 3.8) is 0 Å². The van der Waals surface area contributed by atoms with Gasteiger partial charge in [0.05, 0.1) is 11.8 Å². The molecule has 86 valence electrons. The van der Waals surface area contributed by atoms with Crippen molar-refractivity contribution in [3.05, 3.63) is 29.5 Å². The lowest BCUT2D eigenvalue weighted by molar-refractivity contribution is 0.165. The van der Waals surface area contributed by atoms with Gasteiger partial charge in [-0.1, -0.05) is 0 Å². The van der Waals surface area contributed by atoms with Gasteiger partial charge in [0.25, 0.3) is 0 Å². The highest BCUT2D eigenvalue weighted by atomic mass is 16.3. The molecule has 1 atom stereocenters. The first-order valence-electron chi connectivity index (χ1n) is 5.33. The average Bonchev–Trinajstić information content (AvgIpc) is 2.56. The van der Waals surface area contributed by atoms with Crippen molar-refractivity contribution < 1.29 is 5.11 Å². The van der Waals surface area contributed by atoms with Gasteiger partial charge < -0.3 is 10.8 Å². The summed E-state index contributed by atoms with van der Waals surface area (Å²) in [5, 5.41) is 9.90. The summed E-state index contributed by atoms with van der Waals surface area (Å²) >= 11 is 0. The Kier molecular flexibility index (Phi) is 2.89. The second kappa shape index (κ2) is 4.19. The van der Waals surface area contributed by atoms with Gasteiger partial charge in [0.1, 0.15) is 12.0 Å². The Morgan fingerprint density at radius 1 is 1.50 bits per heavy atom. The second-order valence-corrected chi connectivity index (χ2v) is 3.93. The zero-order valence-corrected chi connectivity index (χ0v) is 9.51. The van der Waals surface area contributed by atoms with E-state index in [2.05, 4.69) is 9.97 Å². The lowest BCUT2D eigenvalue weighted by Crippen LogP contribution is -2.08. The summed E-state index contributed by atoms with van der Waals surface area (Å²) in [5.74, 6) is 0. The van der Waals surface area contributed by atoms with Gasteiger partial charge in [-0.05, 0) is 26.8 Å². The Balaban J connectivity index is 2.51. The zero-order chi connectivity index (χ0) is 11.7. The first kappa shape index (κ1) is 11.0. The summed E-state index contributed by atoms with van der Waals surface area (Å²) in [6.45, 7) is 4.29. The molecule has 2 heterocycles. The standard InChI is InChI=1S/C11H16N4O/c1-7-5-10-14-11(9(16)3-4-12)8(2)15(10)6-13-7/h5-6,9,16H,3-4,12H2,1-2H3. The number of hydrogen-bond acceptors (Lipinski definition) is 4. The van der Waals surface area contributed by atoms with Crippen LogP contribution in [0.3, 0.4) is 0 Å². The van der Waals surface area contributed by atoms with Gasteiger partial charge in [-0.25, -0.2) is 9.97 Å². The molecule has 2 aromatic heterocycles. The molecule has 0 aliphatic heterocycles. The minimum atomic E-state index is -0.592. The predicted molar refractivity (Wildman–Crippen MR) is 61.1 cm³/mol. The summed E-state index contributed by atoms with van der Waals surface area (Å²) in [7, 11) is 0. The molecule has 1 unspecified atom stereocenters. The zero-order valence-electron chi connectivity index (χ0n) is 9.51. The Labute approximate surface area is 93.9 Å². The quantitative estimate of drug-likeness (QED) is 0.799. The third-order valence-electron chi connectivity index (χ3n) is 2.68. The molecule has 0 aliphatic rings. The molecule has 0 saturated carbocycles. The van der Waals surface area contributed by atoms with Crippen molar-refractivity contribution in [2.75, 3.05) is 6.54 Å². The number of imidazole rings is 1. The van der Waals surface area contributed by atoms with Gasteiger partial charge in [-0.3, -0.25) is 4.40 Å². The van der Waals surface area contributed by atoms with Crippen molar-refractivity contribution in [1.82, 2.24) is 14.4 Å². The Bertz CT molecular complexity index is 506. The smallest absolute Gasteiger partial charge is 0.140 e. The summed E-state index contributed by atoms with van der Waals surface area (Å²) in [5.41, 5.74) is 8.77. The highest BCUT2D eigenvalue weighted by molar-refractivity contribution is 5.43. The molecule has 0 amide bonds. The van der Waals surface area contributed by atoms with Crippen molar-refractivity contribution in [2.24, 2.45) is 5.73 Å². The molecule has 0 aliphatic carbocycles. The lowest BCUT2D eigenvalue weighted by Gasteiger charge is -2.06. The molecule has 0 spiro atoms. The number of aliphatic hydroxyl groups excluding tert-OH is 1. The SMILES string of the molecule is Cc1cc2nc(C(O)CCN)c(C)n2cn1. The van der Waals surface area contributed by atoms with Gasteiger partial charge in [-0.15, -0.1) is 0 Å². The van der Waals surface area contributed by atoms with E-state index in [0.717, 1.165) is 17.0 Å². The largest absolute Gasteiger partial charge is 0.387 e. The van der Waals surface area contributed by atoms with Gasteiger partial charge in [0.2, 0.25) is 0 Å². The molecule has 16 heavy (non-hydrogen) atoms. The summed E-state index contributed by atoms with van der Waals surface area (Å²) in [6.07, 6.45) is 1.66. The minimum Gasteiger partial charge on any atom is -0.387 e. The fourth-order valence-electron chi connectivity index (χ4n) is 1.78. The molecule has 0 saturated heterocycles. The topological polar surface area (TPSA) is 76.4 Å². The number of hydrogen-bond donors (Lipinski definition) is 2. The van der Waals surface area contributed by atoms with E-state index < -0.39 is 6.10 Å². The van der Waals surface area contributed by atoms with Gasteiger partial charge >= 0.3 is 0 Å². The maximum atomic E-state index is 9.90. The Morgan fingerprint density at radius 2 is 2.25 bits per heavy atom. The van der Waals surface area contributed by atoms with E-state index in [-0.39, 0.29) is 0 Å². The van der Waals surface area contributed by atoms with E-state index >= 15 is 0 Å². The number of aryl methyl sites for hydroxylation is 2. The van der Waals surface area contributed by atoms with Crippen LogP contribution in [0.25, 0.3) is 5.65 Å². The van der Waals surface area contributed by atoms with E-state index in [1.165, 1.54) is 0 Å². The van der Waals surface area contributed by atoms with Crippen LogP contribution in [-0.4, -0.2) is 26.0 Å². The normalized spacial score (nSPS) is 13.2. The highest BCUT2D eigenvalue weighted by Crippen LogP contribution is 2.20. The van der Waals surface area contributed by atoms with E-state index in [1.54, 1.807) is 6.33 Å². The van der Waals surface area contributed by atoms with Crippen molar-refractivity contribution >= 4 is 5.65 Å². The molecule has 0 bridgehead atoms. The third-order valence-corrected chi connectivity index (χ3v) is 2.68. The summed E-state index contributed by atoms with van der Waals surface area (Å²) in [6, 6.07) is 1.89. The minimum absolute atomic E-state index is 0.450. The van der Waals surface area contributed by atoms with Crippen LogP contribution in [0.15, 0.2) is 12.4 Å². The van der Waals surface area contributed by atoms with E-state index in [1.807, 2.05) is 24.3 Å². The number of nitrogens with zero attached hydrogens (tertiary/aromatic N) is 3. The molecular weight excluding hydrogens is 204 g/mol. The molecule has 0 aromatic carbocycles. The summed E-state index contributed by atoms with van der Waals surface area (Å²) in [4.78, 5) is 8.61. The fraction of sp³-hybridized carbons (Fsp3) is 0.455. The third kappa shape index (κ3) is 1.79. The van der Waals surface area contributed by atoms with Crippen LogP contribution in [0.1, 0.15) is 29.6 Å². The fourth-order valence-corrected chi connectivity index (χ4v) is 1.78. The van der Waals surface area contributed by atoms with Crippen LogP contribution in [-0.2, 0) is 0 Å². The van der Waals surface area contributed by atoms with Crippen LogP contribution in [0.2, 0.25) is 0 Å². The molecule has 0 fully saturated rings. The van der Waals surface area contributed by atoms with E-state index in [0.29, 0.717) is 18.7 Å². The lowest BCUT2D eigenvalue weighted by atomic mass is 10.1. The van der Waals surface area contributed by atoms with E-state index in [9.17, 15) is 5.11 Å². The molecule has 3 N–H and O–H groups in total. The predicted octanol–water partition coefficient (Wildman–Crippen LogP) is 0.728. The maximum absolute atomic E-state index is 9.90. The first-order chi connectivity index (χ1) is 7.63. The summed E-state index contributed by atoms with van der Waals surface area (Å²) < 4.78 is 1.88. The number of nitrogens with two attached hydrogens (primary N) is 1. The molecule has 2 aromatic rings. The molecule has 5 nitrogen and oxygen atoms in total. The monoisotopic (exact) mass is 220 g/mol. The van der Waals surface area contributed by atoms with E-state index in [4.69, 9.17) is 5.73 Å². The van der Waals surface area contributed by atoms with Gasteiger partial charge in [-0.2, -0.15) is 0 Å². The van der Waals surface area contributed by atoms with Gasteiger partial charge in [0.15, 0.2) is 0 Å². The highest BCUT2D eigenvalue weighted by Gasteiger charge is 2.15. The van der Waals surface area contributed by atoms with Gasteiger partial charge in [0, 0.05) is 17.5 Å². The number of aliphatic hydroxyl groups is 1. The average molecular weight is 220 g/mol. The molecular formula is C11H16N4O. The maximum Gasteiger partial charge on any atom is 0.140 e. The van der Waals surface area contributed by atoms with Crippen molar-refractivity contribution in [2.45, 2.75) is 26.4 Å². The Hall–Kier alpha value is -1.46. The number of fused-ring (bicyclic) bond motifs is 1.